The molecule has 0 aliphatic carbocycles. The van der Waals surface area contributed by atoms with Crippen LogP contribution in [0.4, 0.5) is 5.69 Å². The van der Waals surface area contributed by atoms with Gasteiger partial charge >= 0.3 is 0 Å². The Bertz CT molecular complexity index is 851. The highest BCUT2D eigenvalue weighted by molar-refractivity contribution is 5.92. The van der Waals surface area contributed by atoms with Crippen molar-refractivity contribution < 1.29 is 4.79 Å². The molecule has 0 saturated heterocycles. The predicted octanol–water partition coefficient (Wildman–Crippen LogP) is 4.19. The number of carbonyl (C=O) groups is 1. The summed E-state index contributed by atoms with van der Waals surface area (Å²) in [5.74, 6) is 0.953. The van der Waals surface area contributed by atoms with Crippen LogP contribution in [0.5, 0.6) is 0 Å². The van der Waals surface area contributed by atoms with Gasteiger partial charge in [-0.3, -0.25) is 4.79 Å². The minimum absolute atomic E-state index is 0.0172. The highest BCUT2D eigenvalue weighted by atomic mass is 16.1. The lowest BCUT2D eigenvalue weighted by atomic mass is 10.1. The zero-order chi connectivity index (χ0) is 16.9. The van der Waals surface area contributed by atoms with E-state index in [1.807, 2.05) is 53.1 Å². The summed E-state index contributed by atoms with van der Waals surface area (Å²) < 4.78 is 2.03. The van der Waals surface area contributed by atoms with Crippen LogP contribution in [-0.2, 0) is 24.2 Å². The molecule has 4 nitrogen and oxygen atoms in total. The number of hydrogen-bond donors (Lipinski definition) is 1. The van der Waals surface area contributed by atoms with E-state index in [9.17, 15) is 4.79 Å². The van der Waals surface area contributed by atoms with E-state index in [0.29, 0.717) is 0 Å². The van der Waals surface area contributed by atoms with Crippen molar-refractivity contribution in [2.45, 2.75) is 39.7 Å². The lowest BCUT2D eigenvalue weighted by Crippen LogP contribution is -2.20. The maximum absolute atomic E-state index is 12.6. The molecule has 24 heavy (non-hydrogen) atoms. The normalized spacial score (nSPS) is 10.9. The van der Waals surface area contributed by atoms with Crippen LogP contribution in [0, 0.1) is 0 Å². The van der Waals surface area contributed by atoms with Gasteiger partial charge in [0.25, 0.3) is 0 Å². The number of hydrogen-bond acceptors (Lipinski definition) is 2. The number of anilines is 1. The largest absolute Gasteiger partial charge is 0.324 e. The molecule has 0 fully saturated rings. The molecule has 0 aliphatic heterocycles. The molecule has 3 aromatic rings. The second-order valence-corrected chi connectivity index (χ2v) is 5.91. The molecular weight excluding hydrogens is 298 g/mol. The molecule has 124 valence electrons. The Morgan fingerprint density at radius 1 is 1.08 bits per heavy atom. The maximum Gasteiger partial charge on any atom is 0.244 e. The van der Waals surface area contributed by atoms with Crippen molar-refractivity contribution in [1.29, 1.82) is 0 Å². The van der Waals surface area contributed by atoms with E-state index in [1.165, 1.54) is 0 Å². The Kier molecular flexibility index (Phi) is 4.94. The number of aryl methyl sites for hydroxylation is 2. The Balaban J connectivity index is 1.86. The van der Waals surface area contributed by atoms with Gasteiger partial charge in [0.1, 0.15) is 12.4 Å². The van der Waals surface area contributed by atoms with Crippen molar-refractivity contribution >= 4 is 22.6 Å². The van der Waals surface area contributed by atoms with Crippen molar-refractivity contribution in [3.05, 3.63) is 59.9 Å². The maximum atomic E-state index is 12.6. The summed E-state index contributed by atoms with van der Waals surface area (Å²) in [5, 5.41) is 3.05. The van der Waals surface area contributed by atoms with Gasteiger partial charge in [-0.1, -0.05) is 44.2 Å². The third-order valence-electron chi connectivity index (χ3n) is 4.18. The first-order valence-electron chi connectivity index (χ1n) is 8.54. The highest BCUT2D eigenvalue weighted by Gasteiger charge is 2.13. The molecular formula is C20H23N3O. The van der Waals surface area contributed by atoms with E-state index < -0.39 is 0 Å². The fourth-order valence-electron chi connectivity index (χ4n) is 3.00. The second-order valence-electron chi connectivity index (χ2n) is 5.91. The topological polar surface area (TPSA) is 46.9 Å². The SMILES string of the molecule is CCCc1nc2ccccc2n1CC(=O)Nc1ccccc1CC. The fraction of sp³-hybridized carbons (Fsp3) is 0.300. The van der Waals surface area contributed by atoms with Gasteiger partial charge in [0, 0.05) is 12.1 Å². The molecule has 0 spiro atoms. The van der Waals surface area contributed by atoms with Gasteiger partial charge in [-0.15, -0.1) is 0 Å². The molecule has 1 N–H and O–H groups in total. The first-order chi connectivity index (χ1) is 11.7. The molecule has 3 rings (SSSR count). The predicted molar refractivity (Wildman–Crippen MR) is 98.2 cm³/mol. The molecule has 0 bridgehead atoms. The number of rotatable bonds is 6. The van der Waals surface area contributed by atoms with Gasteiger partial charge < -0.3 is 9.88 Å². The molecule has 0 atom stereocenters. The number of para-hydroxylation sites is 3. The summed E-state index contributed by atoms with van der Waals surface area (Å²) in [4.78, 5) is 17.3. The molecule has 0 unspecified atom stereocenters. The van der Waals surface area contributed by atoms with Crippen molar-refractivity contribution in [1.82, 2.24) is 9.55 Å². The average molecular weight is 321 g/mol. The second kappa shape index (κ2) is 7.30. The number of benzene rings is 2. The summed E-state index contributed by atoms with van der Waals surface area (Å²) in [6.07, 6.45) is 2.77. The van der Waals surface area contributed by atoms with Crippen LogP contribution < -0.4 is 5.32 Å². The van der Waals surface area contributed by atoms with Crippen LogP contribution in [0.15, 0.2) is 48.5 Å². The first kappa shape index (κ1) is 16.2. The zero-order valence-corrected chi connectivity index (χ0v) is 14.2. The number of amides is 1. The third kappa shape index (κ3) is 3.32. The fourth-order valence-corrected chi connectivity index (χ4v) is 3.00. The zero-order valence-electron chi connectivity index (χ0n) is 14.2. The molecule has 1 heterocycles. The summed E-state index contributed by atoms with van der Waals surface area (Å²) in [5.41, 5.74) is 4.00. The molecule has 1 aromatic heterocycles. The smallest absolute Gasteiger partial charge is 0.244 e. The van der Waals surface area contributed by atoms with Gasteiger partial charge in [-0.2, -0.15) is 0 Å². The molecule has 0 saturated carbocycles. The van der Waals surface area contributed by atoms with E-state index in [1.54, 1.807) is 0 Å². The van der Waals surface area contributed by atoms with E-state index in [2.05, 4.69) is 24.1 Å². The Labute approximate surface area is 142 Å². The summed E-state index contributed by atoms with van der Waals surface area (Å²) in [6.45, 7) is 4.50. The Morgan fingerprint density at radius 2 is 1.83 bits per heavy atom. The van der Waals surface area contributed by atoms with Crippen molar-refractivity contribution in [3.63, 3.8) is 0 Å². The van der Waals surface area contributed by atoms with Gasteiger partial charge in [0.05, 0.1) is 11.0 Å². The van der Waals surface area contributed by atoms with Crippen LogP contribution in [0.1, 0.15) is 31.7 Å². The quantitative estimate of drug-likeness (QED) is 0.740. The number of nitrogens with one attached hydrogen (secondary N) is 1. The van der Waals surface area contributed by atoms with Crippen LogP contribution in [-0.4, -0.2) is 15.5 Å². The Hall–Kier alpha value is -2.62. The van der Waals surface area contributed by atoms with Gasteiger partial charge in [-0.05, 0) is 36.6 Å². The number of imidazole rings is 1. The van der Waals surface area contributed by atoms with Crippen LogP contribution in [0.3, 0.4) is 0 Å². The summed E-state index contributed by atoms with van der Waals surface area (Å²) in [6, 6.07) is 15.9. The molecule has 0 radical (unpaired) electrons. The Morgan fingerprint density at radius 3 is 2.62 bits per heavy atom. The number of nitrogens with zero attached hydrogens (tertiary/aromatic N) is 2. The van der Waals surface area contributed by atoms with Crippen molar-refractivity contribution in [2.24, 2.45) is 0 Å². The first-order valence-corrected chi connectivity index (χ1v) is 8.54. The van der Waals surface area contributed by atoms with Crippen LogP contribution in [0.25, 0.3) is 11.0 Å². The molecule has 0 aliphatic rings. The average Bonchev–Trinajstić information content (AvgIpc) is 2.93. The standard InChI is InChI=1S/C20H23N3O/c1-3-9-19-21-17-12-7-8-13-18(17)23(19)14-20(24)22-16-11-6-5-10-15(16)4-2/h5-8,10-13H,3-4,9,14H2,1-2H3,(H,22,24). The van der Waals surface area contributed by atoms with Crippen molar-refractivity contribution in [3.8, 4) is 0 Å². The van der Waals surface area contributed by atoms with E-state index in [0.717, 1.165) is 47.4 Å². The van der Waals surface area contributed by atoms with E-state index in [-0.39, 0.29) is 12.5 Å². The molecule has 4 heteroatoms. The third-order valence-corrected chi connectivity index (χ3v) is 4.18. The van der Waals surface area contributed by atoms with E-state index in [4.69, 9.17) is 0 Å². The number of fused-ring (bicyclic) bond motifs is 1. The van der Waals surface area contributed by atoms with Crippen LogP contribution >= 0.6 is 0 Å². The monoisotopic (exact) mass is 321 g/mol. The van der Waals surface area contributed by atoms with Crippen molar-refractivity contribution in [2.75, 3.05) is 5.32 Å². The summed E-state index contributed by atoms with van der Waals surface area (Å²) in [7, 11) is 0. The highest BCUT2D eigenvalue weighted by Crippen LogP contribution is 2.19. The number of carbonyl (C=O) groups excluding carboxylic acids is 1. The van der Waals surface area contributed by atoms with E-state index >= 15 is 0 Å². The lowest BCUT2D eigenvalue weighted by Gasteiger charge is -2.12. The lowest BCUT2D eigenvalue weighted by molar-refractivity contribution is -0.116. The van der Waals surface area contributed by atoms with Gasteiger partial charge in [0.15, 0.2) is 0 Å². The van der Waals surface area contributed by atoms with Gasteiger partial charge in [-0.25, -0.2) is 4.98 Å². The minimum Gasteiger partial charge on any atom is -0.324 e. The summed E-state index contributed by atoms with van der Waals surface area (Å²) >= 11 is 0. The molecule has 2 aromatic carbocycles. The minimum atomic E-state index is -0.0172. The van der Waals surface area contributed by atoms with Crippen LogP contribution in [0.2, 0.25) is 0 Å². The van der Waals surface area contributed by atoms with Gasteiger partial charge in [0.2, 0.25) is 5.91 Å². The number of aromatic nitrogens is 2. The molecule has 1 amide bonds.